The SMILES string of the molecule is CCNC(CN)c1c(C)oc2ccccc12. The Balaban J connectivity index is 2.53. The molecule has 86 valence electrons. The van der Waals surface area contributed by atoms with Crippen molar-refractivity contribution in [2.75, 3.05) is 13.1 Å². The standard InChI is InChI=1S/C13H18N2O/c1-3-15-11(8-14)13-9(2)16-12-7-5-4-6-10(12)13/h4-7,11,15H,3,8,14H2,1-2H3. The molecule has 1 aromatic carbocycles. The van der Waals surface area contributed by atoms with Crippen molar-refractivity contribution in [3.05, 3.63) is 35.6 Å². The largest absolute Gasteiger partial charge is 0.461 e. The zero-order valence-corrected chi connectivity index (χ0v) is 9.79. The number of nitrogens with two attached hydrogens (primary N) is 1. The molecule has 0 aliphatic heterocycles. The first kappa shape index (κ1) is 11.2. The minimum absolute atomic E-state index is 0.175. The van der Waals surface area contributed by atoms with Crippen LogP contribution in [0.5, 0.6) is 0 Å². The molecule has 0 aliphatic carbocycles. The Morgan fingerprint density at radius 1 is 1.38 bits per heavy atom. The van der Waals surface area contributed by atoms with E-state index in [4.69, 9.17) is 10.2 Å². The predicted octanol–water partition coefficient (Wildman–Crippen LogP) is 2.35. The Morgan fingerprint density at radius 2 is 2.12 bits per heavy atom. The first-order valence-corrected chi connectivity index (χ1v) is 5.69. The van der Waals surface area contributed by atoms with Gasteiger partial charge >= 0.3 is 0 Å². The lowest BCUT2D eigenvalue weighted by Crippen LogP contribution is -2.28. The Labute approximate surface area is 95.6 Å². The summed E-state index contributed by atoms with van der Waals surface area (Å²) in [6, 6.07) is 8.26. The quantitative estimate of drug-likeness (QED) is 0.828. The van der Waals surface area contributed by atoms with Gasteiger partial charge in [-0.1, -0.05) is 25.1 Å². The summed E-state index contributed by atoms with van der Waals surface area (Å²) in [5.41, 5.74) is 7.94. The lowest BCUT2D eigenvalue weighted by atomic mass is 10.0. The van der Waals surface area contributed by atoms with E-state index in [0.29, 0.717) is 6.54 Å². The maximum Gasteiger partial charge on any atom is 0.134 e. The number of nitrogens with one attached hydrogen (secondary N) is 1. The average Bonchev–Trinajstić information content (AvgIpc) is 2.62. The molecule has 2 aromatic rings. The van der Waals surface area contributed by atoms with E-state index in [1.165, 1.54) is 5.56 Å². The highest BCUT2D eigenvalue weighted by Gasteiger charge is 2.18. The zero-order chi connectivity index (χ0) is 11.5. The molecule has 0 bridgehead atoms. The molecule has 0 saturated heterocycles. The highest BCUT2D eigenvalue weighted by atomic mass is 16.3. The summed E-state index contributed by atoms with van der Waals surface area (Å²) in [6.07, 6.45) is 0. The second kappa shape index (κ2) is 4.68. The Kier molecular flexibility index (Phi) is 3.27. The maximum atomic E-state index is 5.81. The van der Waals surface area contributed by atoms with E-state index < -0.39 is 0 Å². The summed E-state index contributed by atoms with van der Waals surface area (Å²) >= 11 is 0. The monoisotopic (exact) mass is 218 g/mol. The summed E-state index contributed by atoms with van der Waals surface area (Å²) < 4.78 is 5.73. The van der Waals surface area contributed by atoms with Crippen LogP contribution in [0.1, 0.15) is 24.3 Å². The fourth-order valence-corrected chi connectivity index (χ4v) is 2.17. The van der Waals surface area contributed by atoms with E-state index in [1.807, 2.05) is 25.1 Å². The number of furan rings is 1. The molecule has 0 amide bonds. The molecule has 16 heavy (non-hydrogen) atoms. The summed E-state index contributed by atoms with van der Waals surface area (Å²) in [6.45, 7) is 5.56. The molecule has 2 rings (SSSR count). The van der Waals surface area contributed by atoms with Gasteiger partial charge in [0.2, 0.25) is 0 Å². The van der Waals surface area contributed by atoms with Gasteiger partial charge in [-0.3, -0.25) is 0 Å². The van der Waals surface area contributed by atoms with Gasteiger partial charge in [0.25, 0.3) is 0 Å². The number of likely N-dealkylation sites (N-methyl/N-ethyl adjacent to an activating group) is 1. The van der Waals surface area contributed by atoms with Gasteiger partial charge in [-0.15, -0.1) is 0 Å². The van der Waals surface area contributed by atoms with Crippen molar-refractivity contribution in [2.24, 2.45) is 5.73 Å². The van der Waals surface area contributed by atoms with Crippen LogP contribution in [0.25, 0.3) is 11.0 Å². The van der Waals surface area contributed by atoms with Gasteiger partial charge in [0.05, 0.1) is 0 Å². The smallest absolute Gasteiger partial charge is 0.134 e. The van der Waals surface area contributed by atoms with Crippen molar-refractivity contribution in [3.63, 3.8) is 0 Å². The molecule has 3 heteroatoms. The van der Waals surface area contributed by atoms with E-state index in [9.17, 15) is 0 Å². The number of hydrogen-bond donors (Lipinski definition) is 2. The summed E-state index contributed by atoms with van der Waals surface area (Å²) in [7, 11) is 0. The molecule has 0 aliphatic rings. The van der Waals surface area contributed by atoms with Crippen molar-refractivity contribution >= 4 is 11.0 Å². The third-order valence-electron chi connectivity index (χ3n) is 2.85. The topological polar surface area (TPSA) is 51.2 Å². The second-order valence-electron chi connectivity index (χ2n) is 3.91. The predicted molar refractivity (Wildman–Crippen MR) is 66.4 cm³/mol. The van der Waals surface area contributed by atoms with Crippen molar-refractivity contribution in [1.82, 2.24) is 5.32 Å². The molecule has 1 aromatic heterocycles. The van der Waals surface area contributed by atoms with E-state index in [1.54, 1.807) is 0 Å². The van der Waals surface area contributed by atoms with Crippen LogP contribution in [0.4, 0.5) is 0 Å². The second-order valence-corrected chi connectivity index (χ2v) is 3.91. The first-order chi connectivity index (χ1) is 7.77. The molecule has 0 spiro atoms. The molecule has 1 atom stereocenters. The van der Waals surface area contributed by atoms with Crippen LogP contribution in [-0.4, -0.2) is 13.1 Å². The van der Waals surface area contributed by atoms with E-state index in [0.717, 1.165) is 23.3 Å². The van der Waals surface area contributed by atoms with Crippen LogP contribution in [-0.2, 0) is 0 Å². The minimum Gasteiger partial charge on any atom is -0.461 e. The van der Waals surface area contributed by atoms with Crippen molar-refractivity contribution < 1.29 is 4.42 Å². The van der Waals surface area contributed by atoms with Gasteiger partial charge in [0.1, 0.15) is 11.3 Å². The average molecular weight is 218 g/mol. The van der Waals surface area contributed by atoms with Crippen molar-refractivity contribution in [2.45, 2.75) is 19.9 Å². The molecule has 0 saturated carbocycles. The maximum absolute atomic E-state index is 5.81. The Morgan fingerprint density at radius 3 is 2.81 bits per heavy atom. The van der Waals surface area contributed by atoms with Gasteiger partial charge in [-0.05, 0) is 19.5 Å². The highest BCUT2D eigenvalue weighted by molar-refractivity contribution is 5.82. The number of rotatable bonds is 4. The van der Waals surface area contributed by atoms with Gasteiger partial charge in [-0.2, -0.15) is 0 Å². The molecule has 1 unspecified atom stereocenters. The summed E-state index contributed by atoms with van der Waals surface area (Å²) in [5.74, 6) is 0.956. The van der Waals surface area contributed by atoms with Crippen molar-refractivity contribution in [3.8, 4) is 0 Å². The van der Waals surface area contributed by atoms with Crippen LogP contribution < -0.4 is 11.1 Å². The minimum atomic E-state index is 0.175. The fraction of sp³-hybridized carbons (Fsp3) is 0.385. The molecule has 3 N–H and O–H groups in total. The highest BCUT2D eigenvalue weighted by Crippen LogP contribution is 2.29. The van der Waals surface area contributed by atoms with E-state index in [2.05, 4.69) is 18.3 Å². The van der Waals surface area contributed by atoms with Crippen LogP contribution in [0.15, 0.2) is 28.7 Å². The third-order valence-corrected chi connectivity index (χ3v) is 2.85. The summed E-state index contributed by atoms with van der Waals surface area (Å²) in [5, 5.41) is 4.55. The Hall–Kier alpha value is -1.32. The lowest BCUT2D eigenvalue weighted by molar-refractivity contribution is 0.526. The third kappa shape index (κ3) is 1.84. The van der Waals surface area contributed by atoms with E-state index in [-0.39, 0.29) is 6.04 Å². The molecule has 1 heterocycles. The lowest BCUT2D eigenvalue weighted by Gasteiger charge is -2.15. The number of benzene rings is 1. The number of aryl methyl sites for hydroxylation is 1. The van der Waals surface area contributed by atoms with Gasteiger partial charge in [-0.25, -0.2) is 0 Å². The number of fused-ring (bicyclic) bond motifs is 1. The van der Waals surface area contributed by atoms with Crippen LogP contribution >= 0.6 is 0 Å². The van der Waals surface area contributed by atoms with Crippen LogP contribution in [0.3, 0.4) is 0 Å². The molecule has 0 radical (unpaired) electrons. The van der Waals surface area contributed by atoms with Crippen molar-refractivity contribution in [1.29, 1.82) is 0 Å². The number of hydrogen-bond acceptors (Lipinski definition) is 3. The normalized spacial score (nSPS) is 13.2. The molecule has 3 nitrogen and oxygen atoms in total. The van der Waals surface area contributed by atoms with Gasteiger partial charge in [0, 0.05) is 23.5 Å². The van der Waals surface area contributed by atoms with Crippen LogP contribution in [0.2, 0.25) is 0 Å². The van der Waals surface area contributed by atoms with Crippen LogP contribution in [0, 0.1) is 6.92 Å². The Bertz CT molecular complexity index is 476. The zero-order valence-electron chi connectivity index (χ0n) is 9.79. The molecular formula is C13H18N2O. The fourth-order valence-electron chi connectivity index (χ4n) is 2.17. The number of para-hydroxylation sites is 1. The van der Waals surface area contributed by atoms with Gasteiger partial charge < -0.3 is 15.5 Å². The van der Waals surface area contributed by atoms with Gasteiger partial charge in [0.15, 0.2) is 0 Å². The van der Waals surface area contributed by atoms with E-state index >= 15 is 0 Å². The summed E-state index contributed by atoms with van der Waals surface area (Å²) in [4.78, 5) is 0. The molecule has 0 fully saturated rings. The molecular weight excluding hydrogens is 200 g/mol. The first-order valence-electron chi connectivity index (χ1n) is 5.69.